The van der Waals surface area contributed by atoms with E-state index in [4.69, 9.17) is 22.1 Å². The third-order valence-electron chi connectivity index (χ3n) is 5.03. The number of allylic oxidation sites excluding steroid dienone is 1. The van der Waals surface area contributed by atoms with Gasteiger partial charge in [0, 0.05) is 10.7 Å². The highest BCUT2D eigenvalue weighted by Gasteiger charge is 2.44. The Balaban J connectivity index is 1.82. The van der Waals surface area contributed by atoms with Crippen LogP contribution in [0.2, 0.25) is 5.02 Å². The summed E-state index contributed by atoms with van der Waals surface area (Å²) < 4.78 is 5.15. The molecule has 156 valence electrons. The summed E-state index contributed by atoms with van der Waals surface area (Å²) in [6.07, 6.45) is 0. The Hall–Kier alpha value is -3.41. The van der Waals surface area contributed by atoms with Gasteiger partial charge in [-0.15, -0.1) is 0 Å². The number of carbonyl (C=O) groups is 2. The molecular formula is C22H17ClN4O3S. The number of nitriles is 1. The molecule has 2 aliphatic rings. The first kappa shape index (κ1) is 20.8. The van der Waals surface area contributed by atoms with E-state index in [0.717, 1.165) is 0 Å². The van der Waals surface area contributed by atoms with E-state index < -0.39 is 11.8 Å². The standard InChI is InChI=1S/C22H17ClN4O3S/c1-30-15-8-6-14(7-9-15)26-21(29)19-18(12-2-4-13(23)5-3-12)16(10-24)20(25)27-17(28)11-31-22(19)27/h2-9,18H,11,25H2,1H3,(H,26,29)/t18-/m0/s1. The number of nitrogens with two attached hydrogens (primary N) is 1. The minimum absolute atomic E-state index is 0.0495. The van der Waals surface area contributed by atoms with Gasteiger partial charge in [0.25, 0.3) is 5.91 Å². The summed E-state index contributed by atoms with van der Waals surface area (Å²) in [5.41, 5.74) is 7.87. The van der Waals surface area contributed by atoms with Crippen molar-refractivity contribution in [1.29, 1.82) is 5.26 Å². The fourth-order valence-electron chi connectivity index (χ4n) is 3.56. The molecule has 2 amide bonds. The number of fused-ring (bicyclic) bond motifs is 1. The molecule has 1 fully saturated rings. The quantitative estimate of drug-likeness (QED) is 0.734. The largest absolute Gasteiger partial charge is 0.497 e. The van der Waals surface area contributed by atoms with Crippen molar-refractivity contribution in [2.45, 2.75) is 5.92 Å². The number of halogens is 1. The molecule has 0 aromatic heterocycles. The normalized spacial score (nSPS) is 18.0. The summed E-state index contributed by atoms with van der Waals surface area (Å²) in [5.74, 6) is -0.579. The Morgan fingerprint density at radius 1 is 1.26 bits per heavy atom. The van der Waals surface area contributed by atoms with Crippen molar-refractivity contribution in [2.75, 3.05) is 18.2 Å². The van der Waals surface area contributed by atoms with Crippen LogP contribution in [0.15, 0.2) is 70.5 Å². The summed E-state index contributed by atoms with van der Waals surface area (Å²) in [6, 6.07) is 15.8. The van der Waals surface area contributed by atoms with Gasteiger partial charge in [0.1, 0.15) is 11.6 Å². The van der Waals surface area contributed by atoms with E-state index in [-0.39, 0.29) is 23.1 Å². The minimum Gasteiger partial charge on any atom is -0.497 e. The predicted octanol–water partition coefficient (Wildman–Crippen LogP) is 3.57. The van der Waals surface area contributed by atoms with Crippen molar-refractivity contribution >= 4 is 40.9 Å². The van der Waals surface area contributed by atoms with Gasteiger partial charge in [-0.3, -0.25) is 14.5 Å². The second-order valence-electron chi connectivity index (χ2n) is 6.81. The lowest BCUT2D eigenvalue weighted by Crippen LogP contribution is -2.37. The van der Waals surface area contributed by atoms with Gasteiger partial charge in [-0.1, -0.05) is 35.5 Å². The van der Waals surface area contributed by atoms with E-state index in [1.165, 1.54) is 16.7 Å². The number of hydrogen-bond acceptors (Lipinski definition) is 6. The topological polar surface area (TPSA) is 108 Å². The van der Waals surface area contributed by atoms with Crippen molar-refractivity contribution in [1.82, 2.24) is 4.90 Å². The van der Waals surface area contributed by atoms with Gasteiger partial charge in [0.15, 0.2) is 0 Å². The summed E-state index contributed by atoms with van der Waals surface area (Å²) in [5, 5.41) is 13.7. The average molecular weight is 453 g/mol. The van der Waals surface area contributed by atoms with Gasteiger partial charge in [0.2, 0.25) is 5.91 Å². The maximum atomic E-state index is 13.4. The van der Waals surface area contributed by atoms with Crippen molar-refractivity contribution in [3.63, 3.8) is 0 Å². The van der Waals surface area contributed by atoms with Crippen LogP contribution in [-0.4, -0.2) is 29.6 Å². The second kappa shape index (κ2) is 8.38. The molecule has 0 radical (unpaired) electrons. The maximum absolute atomic E-state index is 13.4. The molecule has 2 heterocycles. The molecule has 4 rings (SSSR count). The van der Waals surface area contributed by atoms with Crippen molar-refractivity contribution in [3.8, 4) is 11.8 Å². The van der Waals surface area contributed by atoms with Gasteiger partial charge in [0.05, 0.1) is 41.0 Å². The molecule has 31 heavy (non-hydrogen) atoms. The van der Waals surface area contributed by atoms with E-state index in [1.807, 2.05) is 0 Å². The van der Waals surface area contributed by atoms with Crippen LogP contribution < -0.4 is 15.8 Å². The van der Waals surface area contributed by atoms with Gasteiger partial charge in [-0.05, 0) is 42.0 Å². The minimum atomic E-state index is -0.731. The van der Waals surface area contributed by atoms with Crippen LogP contribution >= 0.6 is 23.4 Å². The monoisotopic (exact) mass is 452 g/mol. The second-order valence-corrected chi connectivity index (χ2v) is 8.22. The number of nitrogens with one attached hydrogen (secondary N) is 1. The van der Waals surface area contributed by atoms with Gasteiger partial charge < -0.3 is 15.8 Å². The SMILES string of the molecule is COc1ccc(NC(=O)C2=C3SCC(=O)N3C(N)=C(C#N)[C@@H]2c2ccc(Cl)cc2)cc1. The zero-order valence-electron chi connectivity index (χ0n) is 16.4. The summed E-state index contributed by atoms with van der Waals surface area (Å²) >= 11 is 7.26. The molecule has 2 aliphatic heterocycles. The number of thioether (sulfide) groups is 1. The lowest BCUT2D eigenvalue weighted by atomic mass is 9.82. The predicted molar refractivity (Wildman–Crippen MR) is 119 cm³/mol. The number of benzene rings is 2. The highest BCUT2D eigenvalue weighted by atomic mass is 35.5. The first-order chi connectivity index (χ1) is 14.9. The first-order valence-corrected chi connectivity index (χ1v) is 10.6. The molecule has 0 bridgehead atoms. The van der Waals surface area contributed by atoms with Crippen LogP contribution in [-0.2, 0) is 9.59 Å². The zero-order valence-corrected chi connectivity index (χ0v) is 18.0. The summed E-state index contributed by atoms with van der Waals surface area (Å²) in [4.78, 5) is 27.2. The smallest absolute Gasteiger partial charge is 0.255 e. The molecule has 0 saturated carbocycles. The van der Waals surface area contributed by atoms with E-state index in [2.05, 4.69) is 11.4 Å². The molecule has 7 nitrogen and oxygen atoms in total. The van der Waals surface area contributed by atoms with Gasteiger partial charge >= 0.3 is 0 Å². The van der Waals surface area contributed by atoms with Crippen molar-refractivity contribution in [3.05, 3.63) is 81.1 Å². The van der Waals surface area contributed by atoms with E-state index >= 15 is 0 Å². The lowest BCUT2D eigenvalue weighted by Gasteiger charge is -2.32. The number of ether oxygens (including phenoxy) is 1. The third-order valence-corrected chi connectivity index (χ3v) is 6.34. The molecule has 3 N–H and O–H groups in total. The van der Waals surface area contributed by atoms with Crippen LogP contribution in [0.4, 0.5) is 5.69 Å². The molecule has 1 saturated heterocycles. The number of carbonyl (C=O) groups excluding carboxylic acids is 2. The van der Waals surface area contributed by atoms with Crippen molar-refractivity contribution < 1.29 is 14.3 Å². The number of rotatable bonds is 4. The Morgan fingerprint density at radius 2 is 1.94 bits per heavy atom. The van der Waals surface area contributed by atoms with Crippen molar-refractivity contribution in [2.24, 2.45) is 5.73 Å². The molecule has 9 heteroatoms. The Bertz CT molecular complexity index is 1170. The van der Waals surface area contributed by atoms with Crippen LogP contribution in [0.3, 0.4) is 0 Å². The zero-order chi connectivity index (χ0) is 22.1. The molecule has 2 aromatic rings. The maximum Gasteiger partial charge on any atom is 0.255 e. The Labute approximate surface area is 188 Å². The summed E-state index contributed by atoms with van der Waals surface area (Å²) in [7, 11) is 1.56. The van der Waals surface area contributed by atoms with Crippen LogP contribution in [0.25, 0.3) is 0 Å². The van der Waals surface area contributed by atoms with Gasteiger partial charge in [-0.25, -0.2) is 0 Å². The molecule has 2 aromatic carbocycles. The molecule has 0 spiro atoms. The molecular weight excluding hydrogens is 436 g/mol. The van der Waals surface area contributed by atoms with E-state index in [0.29, 0.717) is 32.6 Å². The third kappa shape index (κ3) is 3.74. The van der Waals surface area contributed by atoms with Crippen LogP contribution in [0.1, 0.15) is 11.5 Å². The molecule has 0 unspecified atom stereocenters. The number of hydrogen-bond donors (Lipinski definition) is 2. The highest BCUT2D eigenvalue weighted by molar-refractivity contribution is 8.04. The molecule has 0 aliphatic carbocycles. The van der Waals surface area contributed by atoms with Crippen LogP contribution in [0, 0.1) is 11.3 Å². The first-order valence-electron chi connectivity index (χ1n) is 9.25. The van der Waals surface area contributed by atoms with Gasteiger partial charge in [-0.2, -0.15) is 5.26 Å². The summed E-state index contributed by atoms with van der Waals surface area (Å²) in [6.45, 7) is 0. The number of nitrogens with zero attached hydrogens (tertiary/aromatic N) is 2. The fourth-order valence-corrected chi connectivity index (χ4v) is 4.77. The Morgan fingerprint density at radius 3 is 2.55 bits per heavy atom. The number of anilines is 1. The number of methoxy groups -OCH3 is 1. The van der Waals surface area contributed by atoms with E-state index in [1.54, 1.807) is 55.6 Å². The number of amides is 2. The highest BCUT2D eigenvalue weighted by Crippen LogP contribution is 2.47. The van der Waals surface area contributed by atoms with Crippen LogP contribution in [0.5, 0.6) is 5.75 Å². The van der Waals surface area contributed by atoms with E-state index in [9.17, 15) is 14.9 Å². The average Bonchev–Trinajstić information content (AvgIpc) is 3.16. The fraction of sp³-hybridized carbons (Fsp3) is 0.136. The molecule has 1 atom stereocenters. The lowest BCUT2D eigenvalue weighted by molar-refractivity contribution is -0.124. The Kier molecular flexibility index (Phi) is 5.63.